The molecule has 0 saturated heterocycles. The van der Waals surface area contributed by atoms with Gasteiger partial charge in [-0.15, -0.1) is 0 Å². The average molecular weight is 168 g/mol. The molecule has 1 heterocycles. The number of allylic oxidation sites excluding steroid dienone is 1. The number of benzene rings is 1. The van der Waals surface area contributed by atoms with Crippen LogP contribution in [-0.2, 0) is 0 Å². The first-order valence-electron chi connectivity index (χ1n) is 4.21. The van der Waals surface area contributed by atoms with Crippen LogP contribution in [0.1, 0.15) is 5.56 Å². The van der Waals surface area contributed by atoms with Gasteiger partial charge in [-0.2, -0.15) is 0 Å². The number of pyridine rings is 1. The van der Waals surface area contributed by atoms with E-state index in [0.29, 0.717) is 0 Å². The molecular weight excluding hydrogens is 158 g/mol. The summed E-state index contributed by atoms with van der Waals surface area (Å²) in [6, 6.07) is 10.2. The molecule has 63 valence electrons. The van der Waals surface area contributed by atoms with Crippen LogP contribution >= 0.6 is 0 Å². The average Bonchev–Trinajstić information content (AvgIpc) is 2.18. The minimum atomic E-state index is 1.03. The van der Waals surface area contributed by atoms with Crippen molar-refractivity contribution in [2.24, 2.45) is 0 Å². The summed E-state index contributed by atoms with van der Waals surface area (Å²) in [4.78, 5) is 4.32. The monoisotopic (exact) mass is 168 g/mol. The molecule has 0 atom stereocenters. The number of hydrogen-bond donors (Lipinski definition) is 0. The topological polar surface area (TPSA) is 12.9 Å². The molecule has 1 heteroatoms. The van der Waals surface area contributed by atoms with E-state index in [4.69, 9.17) is 0 Å². The normalized spacial score (nSPS) is 11.2. The van der Waals surface area contributed by atoms with Gasteiger partial charge >= 0.3 is 0 Å². The van der Waals surface area contributed by atoms with Gasteiger partial charge in [-0.3, -0.25) is 4.98 Å². The number of nitrogens with zero attached hydrogens (tertiary/aromatic N) is 1. The molecular formula is C12H10N. The van der Waals surface area contributed by atoms with Crippen LogP contribution in [0.15, 0.2) is 42.6 Å². The van der Waals surface area contributed by atoms with Crippen LogP contribution in [0.5, 0.6) is 0 Å². The molecule has 0 unspecified atom stereocenters. The summed E-state index contributed by atoms with van der Waals surface area (Å²) >= 11 is 0. The van der Waals surface area contributed by atoms with E-state index in [1.807, 2.05) is 30.5 Å². The lowest BCUT2D eigenvalue weighted by molar-refractivity contribution is 1.40. The van der Waals surface area contributed by atoms with Gasteiger partial charge in [0, 0.05) is 11.6 Å². The van der Waals surface area contributed by atoms with Crippen LogP contribution in [-0.4, -0.2) is 4.98 Å². The molecule has 2 rings (SSSR count). The summed E-state index contributed by atoms with van der Waals surface area (Å²) in [5.74, 6) is 0. The van der Waals surface area contributed by atoms with Crippen molar-refractivity contribution in [1.29, 1.82) is 0 Å². The second-order valence-electron chi connectivity index (χ2n) is 2.86. The summed E-state index contributed by atoms with van der Waals surface area (Å²) in [6.45, 7) is 3.65. The fourth-order valence-corrected chi connectivity index (χ4v) is 1.32. The van der Waals surface area contributed by atoms with E-state index in [0.717, 1.165) is 16.5 Å². The molecule has 0 bridgehead atoms. The van der Waals surface area contributed by atoms with E-state index in [2.05, 4.69) is 24.0 Å². The first kappa shape index (κ1) is 7.99. The van der Waals surface area contributed by atoms with Crippen molar-refractivity contribution in [1.82, 2.24) is 4.98 Å². The Morgan fingerprint density at radius 2 is 2.08 bits per heavy atom. The predicted molar refractivity (Wildman–Crippen MR) is 56.1 cm³/mol. The lowest BCUT2D eigenvalue weighted by Gasteiger charge is -1.97. The van der Waals surface area contributed by atoms with Crippen molar-refractivity contribution in [3.8, 4) is 0 Å². The lowest BCUT2D eigenvalue weighted by Crippen LogP contribution is -1.79. The third-order valence-electron chi connectivity index (χ3n) is 1.92. The molecule has 1 radical (unpaired) electrons. The van der Waals surface area contributed by atoms with Gasteiger partial charge in [0.25, 0.3) is 0 Å². The van der Waals surface area contributed by atoms with Gasteiger partial charge < -0.3 is 0 Å². The molecule has 1 nitrogen and oxygen atoms in total. The maximum Gasteiger partial charge on any atom is 0.0702 e. The minimum Gasteiger partial charge on any atom is -0.256 e. The van der Waals surface area contributed by atoms with Gasteiger partial charge in [0.15, 0.2) is 0 Å². The number of hydrogen-bond acceptors (Lipinski definition) is 1. The van der Waals surface area contributed by atoms with Crippen molar-refractivity contribution in [2.75, 3.05) is 0 Å². The Morgan fingerprint density at radius 1 is 1.23 bits per heavy atom. The zero-order valence-electron chi connectivity index (χ0n) is 7.27. The summed E-state index contributed by atoms with van der Waals surface area (Å²) in [7, 11) is 0. The van der Waals surface area contributed by atoms with Crippen LogP contribution in [0.25, 0.3) is 17.0 Å². The van der Waals surface area contributed by atoms with Crippen LogP contribution in [0.3, 0.4) is 0 Å². The second-order valence-corrected chi connectivity index (χ2v) is 2.86. The van der Waals surface area contributed by atoms with Crippen molar-refractivity contribution in [2.45, 2.75) is 0 Å². The minimum absolute atomic E-state index is 1.03. The molecule has 1 aromatic heterocycles. The third kappa shape index (κ3) is 1.59. The molecule has 0 saturated carbocycles. The molecule has 0 amide bonds. The molecule has 2 aromatic rings. The first-order valence-corrected chi connectivity index (χ1v) is 4.21. The fourth-order valence-electron chi connectivity index (χ4n) is 1.32. The van der Waals surface area contributed by atoms with E-state index in [9.17, 15) is 0 Å². The van der Waals surface area contributed by atoms with E-state index in [1.165, 1.54) is 0 Å². The highest BCUT2D eigenvalue weighted by Crippen LogP contribution is 2.13. The van der Waals surface area contributed by atoms with Crippen molar-refractivity contribution < 1.29 is 0 Å². The Hall–Kier alpha value is -1.63. The highest BCUT2D eigenvalue weighted by atomic mass is 14.6. The maximum atomic E-state index is 4.32. The van der Waals surface area contributed by atoms with Crippen molar-refractivity contribution in [3.63, 3.8) is 0 Å². The SMILES string of the molecule is [CH2]/C=C\c1cnc2ccccc2c1. The zero-order chi connectivity index (χ0) is 9.10. The van der Waals surface area contributed by atoms with Gasteiger partial charge in [-0.05, 0) is 24.6 Å². The largest absolute Gasteiger partial charge is 0.256 e. The van der Waals surface area contributed by atoms with Crippen molar-refractivity contribution in [3.05, 3.63) is 55.1 Å². The zero-order valence-corrected chi connectivity index (χ0v) is 7.27. The number of rotatable bonds is 1. The third-order valence-corrected chi connectivity index (χ3v) is 1.92. The van der Waals surface area contributed by atoms with Crippen LogP contribution in [0, 0.1) is 6.92 Å². The second kappa shape index (κ2) is 3.40. The Kier molecular flexibility index (Phi) is 2.09. The van der Waals surface area contributed by atoms with Crippen LogP contribution in [0.4, 0.5) is 0 Å². The highest BCUT2D eigenvalue weighted by Gasteiger charge is 1.92. The highest BCUT2D eigenvalue weighted by molar-refractivity contribution is 5.80. The summed E-state index contributed by atoms with van der Waals surface area (Å²) in [5.41, 5.74) is 2.12. The van der Waals surface area contributed by atoms with Gasteiger partial charge in [-0.25, -0.2) is 0 Å². The maximum absolute atomic E-state index is 4.32. The molecule has 0 aliphatic heterocycles. The summed E-state index contributed by atoms with van der Waals surface area (Å²) in [5, 5.41) is 1.16. The Bertz CT molecular complexity index is 444. The van der Waals surface area contributed by atoms with E-state index in [-0.39, 0.29) is 0 Å². The molecule has 1 aromatic carbocycles. The quantitative estimate of drug-likeness (QED) is 0.637. The molecule has 0 aliphatic rings. The molecule has 0 spiro atoms. The van der Waals surface area contributed by atoms with Crippen LogP contribution in [0.2, 0.25) is 0 Å². The molecule has 0 aliphatic carbocycles. The fraction of sp³-hybridized carbons (Fsp3) is 0. The Balaban J connectivity index is 2.62. The lowest BCUT2D eigenvalue weighted by atomic mass is 10.1. The van der Waals surface area contributed by atoms with E-state index < -0.39 is 0 Å². The predicted octanol–water partition coefficient (Wildman–Crippen LogP) is 3.08. The molecule has 0 fully saturated rings. The van der Waals surface area contributed by atoms with E-state index >= 15 is 0 Å². The Labute approximate surface area is 77.7 Å². The first-order chi connectivity index (χ1) is 6.40. The van der Waals surface area contributed by atoms with Gasteiger partial charge in [-0.1, -0.05) is 30.4 Å². The smallest absolute Gasteiger partial charge is 0.0702 e. The summed E-state index contributed by atoms with van der Waals surface area (Å²) in [6.07, 6.45) is 5.56. The number of para-hydroxylation sites is 1. The van der Waals surface area contributed by atoms with E-state index in [1.54, 1.807) is 6.08 Å². The molecule has 13 heavy (non-hydrogen) atoms. The Morgan fingerprint density at radius 3 is 2.92 bits per heavy atom. The van der Waals surface area contributed by atoms with Gasteiger partial charge in [0.2, 0.25) is 0 Å². The van der Waals surface area contributed by atoms with Gasteiger partial charge in [0.1, 0.15) is 0 Å². The molecule has 0 N–H and O–H groups in total. The van der Waals surface area contributed by atoms with Crippen LogP contribution < -0.4 is 0 Å². The van der Waals surface area contributed by atoms with Gasteiger partial charge in [0.05, 0.1) is 5.52 Å². The van der Waals surface area contributed by atoms with Crippen molar-refractivity contribution >= 4 is 17.0 Å². The number of aromatic nitrogens is 1. The standard InChI is InChI=1S/C12H10N/c1-2-5-10-8-11-6-3-4-7-12(11)13-9-10/h2-9H,1H2/b5-2-. The summed E-state index contributed by atoms with van der Waals surface area (Å²) < 4.78 is 0. The number of fused-ring (bicyclic) bond motifs is 1.